The molecule has 4 heterocycles. The summed E-state index contributed by atoms with van der Waals surface area (Å²) in [7, 11) is 0. The van der Waals surface area contributed by atoms with Crippen molar-refractivity contribution < 1.29 is 9.15 Å². The van der Waals surface area contributed by atoms with E-state index in [0.717, 1.165) is 46.3 Å². The Balaban J connectivity index is 0.000000363. The third-order valence-electron chi connectivity index (χ3n) is 18.8. The Morgan fingerprint density at radius 3 is 1.44 bits per heavy atom. The molecule has 14 aromatic rings. The third-order valence-corrected chi connectivity index (χ3v) is 18.8. The molecule has 0 spiro atoms. The van der Waals surface area contributed by atoms with Crippen LogP contribution in [-0.2, 0) is 15.6 Å². The smallest absolute Gasteiger partial charge is 0.135 e. The maximum Gasteiger partial charge on any atom is 0.135 e. The van der Waals surface area contributed by atoms with Crippen LogP contribution in [0.1, 0.15) is 111 Å². The summed E-state index contributed by atoms with van der Waals surface area (Å²) in [6, 6.07) is 75.8. The fourth-order valence-corrected chi connectivity index (χ4v) is 14.4. The van der Waals surface area contributed by atoms with Crippen LogP contribution in [0.2, 0.25) is 0 Å². The van der Waals surface area contributed by atoms with Crippen molar-refractivity contribution in [3.8, 4) is 55.6 Å². The second-order valence-corrected chi connectivity index (χ2v) is 24.3. The number of rotatable bonds is 5. The van der Waals surface area contributed by atoms with Crippen molar-refractivity contribution in [1.29, 1.82) is 0 Å². The number of nitrogens with zero attached hydrogens (tertiary/aromatic N) is 1. The second-order valence-electron chi connectivity index (χ2n) is 24.3. The Morgan fingerprint density at radius 1 is 0.430 bits per heavy atom. The summed E-state index contributed by atoms with van der Waals surface area (Å²) < 4.78 is 14.4. The van der Waals surface area contributed by atoms with E-state index in [9.17, 15) is 0 Å². The minimum absolute atomic E-state index is 0.0568. The zero-order valence-electron chi connectivity index (χ0n) is 51.5. The van der Waals surface area contributed by atoms with Gasteiger partial charge in [0.1, 0.15) is 22.7 Å². The number of fused-ring (bicyclic) bond motifs is 17. The van der Waals surface area contributed by atoms with Gasteiger partial charge in [-0.05, 0) is 216 Å². The van der Waals surface area contributed by atoms with Crippen LogP contribution in [0.15, 0.2) is 240 Å². The van der Waals surface area contributed by atoms with E-state index in [0.29, 0.717) is 0 Å². The zero-order chi connectivity index (χ0) is 59.3. The molecule has 17 rings (SSSR count). The molecular weight excluding hydrogens is 1040 g/mol. The molecule has 0 atom stereocenters. The lowest BCUT2D eigenvalue weighted by atomic mass is 9.81. The van der Waals surface area contributed by atoms with Gasteiger partial charge in [-0.25, -0.2) is 0 Å². The highest BCUT2D eigenvalue weighted by Crippen LogP contribution is 2.52. The molecule has 0 fully saturated rings. The molecule has 0 saturated heterocycles. The molecule has 0 radical (unpaired) electrons. The highest BCUT2D eigenvalue weighted by atomic mass is 16.5. The van der Waals surface area contributed by atoms with Crippen molar-refractivity contribution in [2.75, 3.05) is 0 Å². The Kier molecular flexibility index (Phi) is 13.3. The quantitative estimate of drug-likeness (QED) is 0.172. The lowest BCUT2D eigenvalue weighted by Gasteiger charge is -2.22. The molecule has 422 valence electrons. The minimum atomic E-state index is -0.0568. The molecule has 0 bridgehead atoms. The van der Waals surface area contributed by atoms with E-state index in [-0.39, 0.29) is 10.8 Å². The van der Waals surface area contributed by atoms with Crippen molar-refractivity contribution in [3.05, 3.63) is 258 Å². The molecule has 3 heteroatoms. The van der Waals surface area contributed by atoms with Crippen LogP contribution >= 0.6 is 0 Å². The summed E-state index contributed by atoms with van der Waals surface area (Å²) in [4.78, 5) is 0. The Morgan fingerprint density at radius 2 is 0.895 bits per heavy atom. The molecular formula is C83H73NO2. The average molecular weight is 1120 g/mol. The molecule has 2 aliphatic carbocycles. The highest BCUT2D eigenvalue weighted by molar-refractivity contribution is 6.27. The summed E-state index contributed by atoms with van der Waals surface area (Å²) in [6.45, 7) is 23.7. The monoisotopic (exact) mass is 1120 g/mol. The Hall–Kier alpha value is -9.44. The minimum Gasteiger partial charge on any atom is -0.462 e. The van der Waals surface area contributed by atoms with E-state index < -0.39 is 0 Å². The van der Waals surface area contributed by atoms with E-state index in [1.54, 1.807) is 0 Å². The molecule has 0 amide bonds. The van der Waals surface area contributed by atoms with Crippen LogP contribution in [0.5, 0.6) is 0 Å². The number of allylic oxidation sites excluding steroid dienone is 4. The van der Waals surface area contributed by atoms with Gasteiger partial charge in [-0.15, -0.1) is 0 Å². The standard InChI is InChI=1S/C68H45NO.C11H16O.2C2H6/c1-67(2)58-14-8-5-11-48(58)50-24-21-43(34-60(50)67)38-17-19-40-29-53-56-32-47(42-23-26-65-55(31-42)52-13-7-10-16-64(52)70-65)33-57-54-30-41-20-18-39(28-46(41)37-63(54)69(66(56)57)62(53)36-45(40)27-38)44-22-25-51-49-12-6-9-15-59(49)68(3,4)61(51)35-44;1-4-6-7-11-9(3)8-10(5-2)12-11;2*1-2/h5-37H,1-4H3;5-7H,4,8H2,1-3H3;2*1-2H3/b;7-6-,10-5+;;. The number of hydrogen-bond acceptors (Lipinski definition) is 2. The molecule has 0 N–H and O–H groups in total. The average Bonchev–Trinajstić information content (AvgIpc) is 1.55. The number of ether oxygens (including phenoxy) is 1. The normalized spacial score (nSPS) is 14.9. The first kappa shape index (κ1) is 54.5. The van der Waals surface area contributed by atoms with Gasteiger partial charge < -0.3 is 13.6 Å². The molecule has 0 unspecified atom stereocenters. The van der Waals surface area contributed by atoms with Gasteiger partial charge in [0.15, 0.2) is 0 Å². The van der Waals surface area contributed by atoms with Gasteiger partial charge >= 0.3 is 0 Å². The van der Waals surface area contributed by atoms with Gasteiger partial charge in [-0.1, -0.05) is 190 Å². The van der Waals surface area contributed by atoms with Crippen LogP contribution in [0.25, 0.3) is 137 Å². The lowest BCUT2D eigenvalue weighted by molar-refractivity contribution is 0.337. The number of aromatic nitrogens is 1. The third kappa shape index (κ3) is 8.45. The van der Waals surface area contributed by atoms with Crippen molar-refractivity contribution in [2.45, 2.75) is 99.8 Å². The second kappa shape index (κ2) is 21.0. The summed E-state index contributed by atoms with van der Waals surface area (Å²) in [5.74, 6) is 2.10. The largest absolute Gasteiger partial charge is 0.462 e. The van der Waals surface area contributed by atoms with E-state index in [1.807, 2.05) is 46.8 Å². The maximum atomic E-state index is 6.29. The van der Waals surface area contributed by atoms with Crippen molar-refractivity contribution in [3.63, 3.8) is 0 Å². The first-order valence-electron chi connectivity index (χ1n) is 31.2. The van der Waals surface area contributed by atoms with Crippen molar-refractivity contribution >= 4 is 81.6 Å². The van der Waals surface area contributed by atoms with Crippen LogP contribution < -0.4 is 0 Å². The van der Waals surface area contributed by atoms with E-state index >= 15 is 0 Å². The molecule has 3 aromatic heterocycles. The molecule has 3 aliphatic rings. The van der Waals surface area contributed by atoms with Gasteiger partial charge in [0.25, 0.3) is 0 Å². The van der Waals surface area contributed by atoms with Crippen LogP contribution in [0, 0.1) is 0 Å². The molecule has 11 aromatic carbocycles. The number of benzene rings is 11. The summed E-state index contributed by atoms with van der Waals surface area (Å²) in [6.07, 6.45) is 8.24. The van der Waals surface area contributed by atoms with E-state index in [2.05, 4.69) is 252 Å². The van der Waals surface area contributed by atoms with Crippen molar-refractivity contribution in [1.82, 2.24) is 4.40 Å². The molecule has 86 heavy (non-hydrogen) atoms. The molecule has 0 saturated carbocycles. The fraction of sp³-hybridized carbons (Fsp3) is 0.181. The first-order chi connectivity index (χ1) is 41.9. The maximum absolute atomic E-state index is 6.29. The van der Waals surface area contributed by atoms with Crippen molar-refractivity contribution in [2.24, 2.45) is 0 Å². The Bertz CT molecular complexity index is 4930. The molecule has 3 nitrogen and oxygen atoms in total. The predicted octanol–water partition coefficient (Wildman–Crippen LogP) is 24.3. The van der Waals surface area contributed by atoms with E-state index in [1.165, 1.54) is 143 Å². The van der Waals surface area contributed by atoms with Crippen LogP contribution in [0.4, 0.5) is 0 Å². The summed E-state index contributed by atoms with van der Waals surface area (Å²) >= 11 is 0. The topological polar surface area (TPSA) is 26.8 Å². The van der Waals surface area contributed by atoms with Crippen LogP contribution in [0.3, 0.4) is 0 Å². The van der Waals surface area contributed by atoms with Gasteiger partial charge in [-0.2, -0.15) is 0 Å². The highest BCUT2D eigenvalue weighted by Gasteiger charge is 2.37. The molecule has 1 aliphatic heterocycles. The number of furan rings is 1. The fourth-order valence-electron chi connectivity index (χ4n) is 14.4. The predicted molar refractivity (Wildman–Crippen MR) is 369 cm³/mol. The van der Waals surface area contributed by atoms with Gasteiger partial charge in [0.05, 0.1) is 16.6 Å². The lowest BCUT2D eigenvalue weighted by Crippen LogP contribution is -2.14. The van der Waals surface area contributed by atoms with Gasteiger partial charge in [0, 0.05) is 49.6 Å². The number of para-hydroxylation sites is 1. The van der Waals surface area contributed by atoms with Gasteiger partial charge in [-0.3, -0.25) is 0 Å². The summed E-state index contributed by atoms with van der Waals surface area (Å²) in [5, 5.41) is 12.3. The first-order valence-corrected chi connectivity index (χ1v) is 31.2. The zero-order valence-corrected chi connectivity index (χ0v) is 51.5. The van der Waals surface area contributed by atoms with Gasteiger partial charge in [0.2, 0.25) is 0 Å². The van der Waals surface area contributed by atoms with Crippen LogP contribution in [-0.4, -0.2) is 4.40 Å². The Labute approximate surface area is 505 Å². The summed E-state index contributed by atoms with van der Waals surface area (Å²) in [5.41, 5.74) is 25.2. The SMILES string of the molecule is C/C=C1\CC(C)=C(/C=C\CC)O1.CC.CC.CC1(C)c2ccccc2-c2ccc(-c3ccc4cc5c6cc(-c7ccc8oc9ccccc9c8c7)cc7c8cc9ccc(-c%10ccc%11c(c%10)C(C)(C)c%10ccccc%10-%11)cc9cc8n(c5cc4c3)c67)cc21. The number of hydrogen-bond donors (Lipinski definition) is 0. The van der Waals surface area contributed by atoms with E-state index in [4.69, 9.17) is 9.15 Å².